The summed E-state index contributed by atoms with van der Waals surface area (Å²) in [6.45, 7) is 5.78. The molecule has 1 atom stereocenters. The van der Waals surface area contributed by atoms with Gasteiger partial charge in [0.05, 0.1) is 10.6 Å². The predicted molar refractivity (Wildman–Crippen MR) is 73.8 cm³/mol. The monoisotopic (exact) mass is 264 g/mol. The highest BCUT2D eigenvalue weighted by Gasteiger charge is 2.28. The van der Waals surface area contributed by atoms with E-state index in [1.165, 1.54) is 12.1 Å². The van der Waals surface area contributed by atoms with E-state index in [-0.39, 0.29) is 10.6 Å². The topological polar surface area (TPSA) is 84.4 Å². The lowest BCUT2D eigenvalue weighted by atomic mass is 9.99. The van der Waals surface area contributed by atoms with Crippen molar-refractivity contribution in [2.24, 2.45) is 5.73 Å². The van der Waals surface area contributed by atoms with Crippen molar-refractivity contribution in [3.05, 3.63) is 39.9 Å². The third kappa shape index (κ3) is 3.50. The number of non-ortho nitro benzene ring substituents is 1. The average molecular weight is 264 g/mol. The molecule has 1 fully saturated rings. The number of nitro groups is 1. The summed E-state index contributed by atoms with van der Waals surface area (Å²) < 4.78 is 0. The van der Waals surface area contributed by atoms with Crippen LogP contribution in [-0.4, -0.2) is 41.7 Å². The highest BCUT2D eigenvalue weighted by atomic mass is 16.6. The molecule has 0 bridgehead atoms. The Bertz CT molecular complexity index is 438. The van der Waals surface area contributed by atoms with Gasteiger partial charge in [0.2, 0.25) is 0 Å². The lowest BCUT2D eigenvalue weighted by Crippen LogP contribution is -2.60. The smallest absolute Gasteiger partial charge is 0.269 e. The lowest BCUT2D eigenvalue weighted by molar-refractivity contribution is -0.384. The van der Waals surface area contributed by atoms with Crippen LogP contribution in [0.4, 0.5) is 5.69 Å². The number of nitrogens with two attached hydrogens (primary N) is 1. The molecule has 6 nitrogen and oxygen atoms in total. The highest BCUT2D eigenvalue weighted by Crippen LogP contribution is 2.18. The molecule has 0 aliphatic carbocycles. The molecule has 1 aliphatic heterocycles. The van der Waals surface area contributed by atoms with E-state index in [1.54, 1.807) is 12.1 Å². The maximum absolute atomic E-state index is 10.6. The minimum absolute atomic E-state index is 0.115. The van der Waals surface area contributed by atoms with Gasteiger partial charge in [0.1, 0.15) is 0 Å². The first-order chi connectivity index (χ1) is 8.99. The number of benzene rings is 1. The van der Waals surface area contributed by atoms with Gasteiger partial charge in [0, 0.05) is 44.7 Å². The van der Waals surface area contributed by atoms with E-state index in [2.05, 4.69) is 10.2 Å². The van der Waals surface area contributed by atoms with Crippen LogP contribution in [0, 0.1) is 10.1 Å². The summed E-state index contributed by atoms with van der Waals surface area (Å²) in [4.78, 5) is 12.5. The predicted octanol–water partition coefficient (Wildman–Crippen LogP) is 0.717. The molecule has 1 unspecified atom stereocenters. The van der Waals surface area contributed by atoms with Crippen molar-refractivity contribution < 1.29 is 4.92 Å². The van der Waals surface area contributed by atoms with Gasteiger partial charge in [-0.1, -0.05) is 12.1 Å². The van der Waals surface area contributed by atoms with Crippen molar-refractivity contribution in [1.29, 1.82) is 0 Å². The normalized spacial score (nSPS) is 19.9. The standard InChI is InChI=1S/C13H20N4O2/c1-13(14,16-8-6-15-7-9-16)10-11-2-4-12(5-3-11)17(18)19/h2-5,15H,6-10,14H2,1H3. The van der Waals surface area contributed by atoms with Crippen molar-refractivity contribution in [2.75, 3.05) is 26.2 Å². The Morgan fingerprint density at radius 3 is 2.47 bits per heavy atom. The molecule has 6 heteroatoms. The van der Waals surface area contributed by atoms with Crippen LogP contribution >= 0.6 is 0 Å². The summed E-state index contributed by atoms with van der Waals surface area (Å²) in [6.07, 6.45) is 0.686. The third-order valence-electron chi connectivity index (χ3n) is 3.55. The quantitative estimate of drug-likeness (QED) is 0.618. The maximum atomic E-state index is 10.6. The van der Waals surface area contributed by atoms with Gasteiger partial charge in [-0.05, 0) is 12.5 Å². The molecule has 1 saturated heterocycles. The molecule has 104 valence electrons. The second kappa shape index (κ2) is 5.64. The van der Waals surface area contributed by atoms with Crippen LogP contribution in [0.3, 0.4) is 0 Å². The molecule has 0 aromatic heterocycles. The number of piperazine rings is 1. The number of nitrogens with zero attached hydrogens (tertiary/aromatic N) is 2. The van der Waals surface area contributed by atoms with Gasteiger partial charge in [-0.15, -0.1) is 0 Å². The Hall–Kier alpha value is -1.50. The molecule has 0 spiro atoms. The zero-order valence-electron chi connectivity index (χ0n) is 11.1. The van der Waals surface area contributed by atoms with Gasteiger partial charge >= 0.3 is 0 Å². The summed E-state index contributed by atoms with van der Waals surface area (Å²) in [7, 11) is 0. The average Bonchev–Trinajstić information content (AvgIpc) is 2.40. The van der Waals surface area contributed by atoms with Crippen LogP contribution < -0.4 is 11.1 Å². The first-order valence-corrected chi connectivity index (χ1v) is 6.47. The summed E-state index contributed by atoms with van der Waals surface area (Å²) >= 11 is 0. The number of nitrogens with one attached hydrogen (secondary N) is 1. The summed E-state index contributed by atoms with van der Waals surface area (Å²) in [6, 6.07) is 6.63. The number of hydrogen-bond acceptors (Lipinski definition) is 5. The van der Waals surface area contributed by atoms with Crippen LogP contribution in [0.2, 0.25) is 0 Å². The van der Waals surface area contributed by atoms with Gasteiger partial charge in [0.25, 0.3) is 5.69 Å². The van der Waals surface area contributed by atoms with Gasteiger partial charge in [-0.25, -0.2) is 0 Å². The summed E-state index contributed by atoms with van der Waals surface area (Å²) in [5, 5.41) is 13.9. The van der Waals surface area contributed by atoms with E-state index in [9.17, 15) is 10.1 Å². The van der Waals surface area contributed by atoms with Gasteiger partial charge in [0.15, 0.2) is 0 Å². The first-order valence-electron chi connectivity index (χ1n) is 6.47. The summed E-state index contributed by atoms with van der Waals surface area (Å²) in [5.74, 6) is 0. The van der Waals surface area contributed by atoms with Gasteiger partial charge in [-0.3, -0.25) is 15.0 Å². The fourth-order valence-electron chi connectivity index (χ4n) is 2.44. The van der Waals surface area contributed by atoms with Crippen molar-refractivity contribution in [1.82, 2.24) is 10.2 Å². The number of hydrogen-bond donors (Lipinski definition) is 2. The first kappa shape index (κ1) is 13.9. The minimum Gasteiger partial charge on any atom is -0.314 e. The fraction of sp³-hybridized carbons (Fsp3) is 0.538. The lowest BCUT2D eigenvalue weighted by Gasteiger charge is -2.41. The SMILES string of the molecule is CC(N)(Cc1ccc([N+](=O)[O-])cc1)N1CCNCC1. The third-order valence-corrected chi connectivity index (χ3v) is 3.55. The molecule has 0 radical (unpaired) electrons. The number of rotatable bonds is 4. The second-order valence-electron chi connectivity index (χ2n) is 5.19. The highest BCUT2D eigenvalue weighted by molar-refractivity contribution is 5.33. The molecular formula is C13H20N4O2. The molecule has 2 rings (SSSR count). The van der Waals surface area contributed by atoms with Crippen LogP contribution in [-0.2, 0) is 6.42 Å². The Morgan fingerprint density at radius 2 is 1.95 bits per heavy atom. The Morgan fingerprint density at radius 1 is 1.37 bits per heavy atom. The molecule has 0 amide bonds. The number of nitro benzene ring substituents is 1. The van der Waals surface area contributed by atoms with Crippen molar-refractivity contribution in [3.8, 4) is 0 Å². The molecule has 1 heterocycles. The van der Waals surface area contributed by atoms with Crippen LogP contribution in [0.15, 0.2) is 24.3 Å². The second-order valence-corrected chi connectivity index (χ2v) is 5.19. The molecule has 3 N–H and O–H groups in total. The Kier molecular flexibility index (Phi) is 4.14. The zero-order valence-corrected chi connectivity index (χ0v) is 11.1. The van der Waals surface area contributed by atoms with Crippen LogP contribution in [0.25, 0.3) is 0 Å². The Balaban J connectivity index is 2.04. The molecule has 1 aromatic carbocycles. The summed E-state index contributed by atoms with van der Waals surface area (Å²) in [5.41, 5.74) is 7.10. The maximum Gasteiger partial charge on any atom is 0.269 e. The van der Waals surface area contributed by atoms with E-state index >= 15 is 0 Å². The minimum atomic E-state index is -0.418. The van der Waals surface area contributed by atoms with E-state index in [0.717, 1.165) is 31.7 Å². The van der Waals surface area contributed by atoms with Gasteiger partial charge in [-0.2, -0.15) is 0 Å². The van der Waals surface area contributed by atoms with Crippen molar-refractivity contribution >= 4 is 5.69 Å². The zero-order chi connectivity index (χ0) is 13.9. The van der Waals surface area contributed by atoms with Crippen LogP contribution in [0.5, 0.6) is 0 Å². The molecular weight excluding hydrogens is 244 g/mol. The van der Waals surface area contributed by atoms with E-state index < -0.39 is 5.66 Å². The van der Waals surface area contributed by atoms with E-state index in [0.29, 0.717) is 6.42 Å². The largest absolute Gasteiger partial charge is 0.314 e. The van der Waals surface area contributed by atoms with Gasteiger partial charge < -0.3 is 11.1 Å². The molecule has 19 heavy (non-hydrogen) atoms. The van der Waals surface area contributed by atoms with Crippen molar-refractivity contribution in [3.63, 3.8) is 0 Å². The van der Waals surface area contributed by atoms with E-state index in [1.807, 2.05) is 6.92 Å². The molecule has 1 aromatic rings. The molecule has 0 saturated carbocycles. The van der Waals surface area contributed by atoms with E-state index in [4.69, 9.17) is 5.73 Å². The fourth-order valence-corrected chi connectivity index (χ4v) is 2.44. The molecule has 1 aliphatic rings. The Labute approximate surface area is 112 Å². The van der Waals surface area contributed by atoms with Crippen LogP contribution in [0.1, 0.15) is 12.5 Å². The van der Waals surface area contributed by atoms with Crippen molar-refractivity contribution in [2.45, 2.75) is 19.0 Å².